The van der Waals surface area contributed by atoms with Crippen molar-refractivity contribution >= 4 is 5.69 Å². The third-order valence-corrected chi connectivity index (χ3v) is 5.09. The first-order valence-electron chi connectivity index (χ1n) is 8.64. The molecular formula is C20H23FN2O. The molecule has 24 heavy (non-hydrogen) atoms. The lowest BCUT2D eigenvalue weighted by Crippen LogP contribution is -2.57. The standard InChI is InChI=1S/C20H23FN2O/c21-18-6-8-19(9-7-18)22-20-16-11-23(12-17(20)14-24-13-16)10-15-4-2-1-3-5-15/h1-9,16-17,20,22H,10-14H2/t16-,17+,20-. The molecule has 2 fully saturated rings. The third-order valence-electron chi connectivity index (χ3n) is 5.09. The van der Waals surface area contributed by atoms with E-state index in [2.05, 4.69) is 40.5 Å². The van der Waals surface area contributed by atoms with Gasteiger partial charge in [-0.15, -0.1) is 0 Å². The molecule has 3 atom stereocenters. The molecule has 0 amide bonds. The summed E-state index contributed by atoms with van der Waals surface area (Å²) in [5.74, 6) is 0.735. The molecule has 4 rings (SSSR count). The highest BCUT2D eigenvalue weighted by Gasteiger charge is 2.40. The van der Waals surface area contributed by atoms with E-state index in [1.165, 1.54) is 17.7 Å². The average molecular weight is 326 g/mol. The van der Waals surface area contributed by atoms with Gasteiger partial charge in [-0.1, -0.05) is 30.3 Å². The van der Waals surface area contributed by atoms with Crippen LogP contribution in [-0.4, -0.2) is 37.2 Å². The molecule has 0 spiro atoms. The molecule has 2 aliphatic heterocycles. The molecule has 2 aromatic carbocycles. The maximum absolute atomic E-state index is 13.1. The summed E-state index contributed by atoms with van der Waals surface area (Å²) in [4.78, 5) is 2.54. The van der Waals surface area contributed by atoms with E-state index in [1.54, 1.807) is 0 Å². The van der Waals surface area contributed by atoms with Gasteiger partial charge in [-0.3, -0.25) is 4.90 Å². The van der Waals surface area contributed by atoms with Crippen molar-refractivity contribution in [1.29, 1.82) is 0 Å². The molecule has 0 saturated carbocycles. The lowest BCUT2D eigenvalue weighted by molar-refractivity contribution is -0.0512. The molecule has 2 saturated heterocycles. The van der Waals surface area contributed by atoms with Gasteiger partial charge in [0.05, 0.1) is 13.2 Å². The normalized spacial score (nSPS) is 27.0. The van der Waals surface area contributed by atoms with E-state index in [9.17, 15) is 4.39 Å². The van der Waals surface area contributed by atoms with Crippen molar-refractivity contribution in [2.75, 3.05) is 31.6 Å². The van der Waals surface area contributed by atoms with Gasteiger partial charge in [-0.25, -0.2) is 4.39 Å². The Bertz CT molecular complexity index is 647. The molecule has 2 heterocycles. The van der Waals surface area contributed by atoms with Crippen LogP contribution >= 0.6 is 0 Å². The number of hydrogen-bond acceptors (Lipinski definition) is 3. The Labute approximate surface area is 142 Å². The zero-order chi connectivity index (χ0) is 16.4. The number of likely N-dealkylation sites (tertiary alicyclic amines) is 1. The van der Waals surface area contributed by atoms with Gasteiger partial charge in [0.1, 0.15) is 5.82 Å². The van der Waals surface area contributed by atoms with Crippen molar-refractivity contribution in [3.63, 3.8) is 0 Å². The van der Waals surface area contributed by atoms with E-state index in [0.717, 1.165) is 38.5 Å². The van der Waals surface area contributed by atoms with Gasteiger partial charge in [-0.05, 0) is 29.8 Å². The first-order valence-corrected chi connectivity index (χ1v) is 8.64. The van der Waals surface area contributed by atoms with Crippen LogP contribution in [0.25, 0.3) is 0 Å². The summed E-state index contributed by atoms with van der Waals surface area (Å²) in [7, 11) is 0. The molecule has 0 aromatic heterocycles. The van der Waals surface area contributed by atoms with Gasteiger partial charge in [0.15, 0.2) is 0 Å². The second kappa shape index (κ2) is 6.91. The van der Waals surface area contributed by atoms with Gasteiger partial charge in [0.2, 0.25) is 0 Å². The highest BCUT2D eigenvalue weighted by molar-refractivity contribution is 5.44. The number of fused-ring (bicyclic) bond motifs is 2. The molecule has 0 unspecified atom stereocenters. The summed E-state index contributed by atoms with van der Waals surface area (Å²) < 4.78 is 18.9. The van der Waals surface area contributed by atoms with Crippen molar-refractivity contribution in [1.82, 2.24) is 4.90 Å². The maximum atomic E-state index is 13.1. The summed E-state index contributed by atoms with van der Waals surface area (Å²) in [5.41, 5.74) is 2.36. The molecule has 2 aromatic rings. The Balaban J connectivity index is 1.44. The van der Waals surface area contributed by atoms with Crippen LogP contribution in [0.3, 0.4) is 0 Å². The van der Waals surface area contributed by atoms with Gasteiger partial charge in [0.25, 0.3) is 0 Å². The Kier molecular flexibility index (Phi) is 4.50. The molecule has 126 valence electrons. The van der Waals surface area contributed by atoms with Crippen LogP contribution in [0.15, 0.2) is 54.6 Å². The largest absolute Gasteiger partial charge is 0.381 e. The van der Waals surface area contributed by atoms with Crippen molar-refractivity contribution in [2.24, 2.45) is 11.8 Å². The molecular weight excluding hydrogens is 303 g/mol. The summed E-state index contributed by atoms with van der Waals surface area (Å²) in [6.45, 7) is 4.65. The van der Waals surface area contributed by atoms with Crippen LogP contribution in [0.5, 0.6) is 0 Å². The quantitative estimate of drug-likeness (QED) is 0.932. The zero-order valence-corrected chi connectivity index (χ0v) is 13.7. The molecule has 0 aliphatic carbocycles. The third kappa shape index (κ3) is 3.45. The number of nitrogens with zero attached hydrogens (tertiary/aromatic N) is 1. The number of halogens is 1. The fourth-order valence-corrected chi connectivity index (χ4v) is 3.98. The smallest absolute Gasteiger partial charge is 0.123 e. The molecule has 4 heteroatoms. The first kappa shape index (κ1) is 15.6. The zero-order valence-electron chi connectivity index (χ0n) is 13.7. The van der Waals surface area contributed by atoms with E-state index in [1.807, 2.05) is 12.1 Å². The number of benzene rings is 2. The van der Waals surface area contributed by atoms with Crippen LogP contribution < -0.4 is 5.32 Å². The number of anilines is 1. The monoisotopic (exact) mass is 326 g/mol. The molecule has 2 aliphatic rings. The number of piperidine rings is 1. The Morgan fingerprint density at radius 3 is 2.29 bits per heavy atom. The van der Waals surface area contributed by atoms with Gasteiger partial charge in [-0.2, -0.15) is 0 Å². The van der Waals surface area contributed by atoms with E-state index in [-0.39, 0.29) is 5.82 Å². The predicted octanol–water partition coefficient (Wildman–Crippen LogP) is 3.38. The highest BCUT2D eigenvalue weighted by Crippen LogP contribution is 2.31. The van der Waals surface area contributed by atoms with Crippen LogP contribution in [0.1, 0.15) is 5.56 Å². The predicted molar refractivity (Wildman–Crippen MR) is 93.3 cm³/mol. The van der Waals surface area contributed by atoms with Gasteiger partial charge >= 0.3 is 0 Å². The molecule has 3 nitrogen and oxygen atoms in total. The number of hydrogen-bond donors (Lipinski definition) is 1. The van der Waals surface area contributed by atoms with Crippen molar-refractivity contribution in [3.8, 4) is 0 Å². The average Bonchev–Trinajstić information content (AvgIpc) is 2.58. The minimum atomic E-state index is -0.193. The Morgan fingerprint density at radius 2 is 1.62 bits per heavy atom. The van der Waals surface area contributed by atoms with E-state index >= 15 is 0 Å². The van der Waals surface area contributed by atoms with Crippen LogP contribution in [0.4, 0.5) is 10.1 Å². The summed E-state index contributed by atoms with van der Waals surface area (Å²) in [6.07, 6.45) is 0. The second-order valence-corrected chi connectivity index (χ2v) is 6.91. The molecule has 2 bridgehead atoms. The SMILES string of the molecule is Fc1ccc(N[C@H]2[C@@H]3COC[C@H]2CN(Cc2ccccc2)C3)cc1. The first-order chi connectivity index (χ1) is 11.8. The topological polar surface area (TPSA) is 24.5 Å². The Hall–Kier alpha value is -1.91. The number of ether oxygens (including phenoxy) is 1. The summed E-state index contributed by atoms with van der Waals surface area (Å²) in [6, 6.07) is 17.7. The van der Waals surface area contributed by atoms with Crippen LogP contribution in [-0.2, 0) is 11.3 Å². The second-order valence-electron chi connectivity index (χ2n) is 6.91. The summed E-state index contributed by atoms with van der Waals surface area (Å²) in [5, 5.41) is 3.62. The minimum absolute atomic E-state index is 0.193. The number of nitrogens with one attached hydrogen (secondary N) is 1. The van der Waals surface area contributed by atoms with Crippen LogP contribution in [0.2, 0.25) is 0 Å². The highest BCUT2D eigenvalue weighted by atomic mass is 19.1. The molecule has 0 radical (unpaired) electrons. The minimum Gasteiger partial charge on any atom is -0.381 e. The molecule has 1 N–H and O–H groups in total. The number of rotatable bonds is 4. The lowest BCUT2D eigenvalue weighted by atomic mass is 9.82. The van der Waals surface area contributed by atoms with E-state index < -0.39 is 0 Å². The van der Waals surface area contributed by atoms with Crippen LogP contribution in [0, 0.1) is 17.7 Å². The van der Waals surface area contributed by atoms with Crippen molar-refractivity contribution < 1.29 is 9.13 Å². The maximum Gasteiger partial charge on any atom is 0.123 e. The Morgan fingerprint density at radius 1 is 0.958 bits per heavy atom. The van der Waals surface area contributed by atoms with Crippen molar-refractivity contribution in [3.05, 3.63) is 66.0 Å². The fraction of sp³-hybridized carbons (Fsp3) is 0.400. The van der Waals surface area contributed by atoms with Gasteiger partial charge in [0, 0.05) is 43.2 Å². The van der Waals surface area contributed by atoms with Crippen molar-refractivity contribution in [2.45, 2.75) is 12.6 Å². The summed E-state index contributed by atoms with van der Waals surface area (Å²) >= 11 is 0. The van der Waals surface area contributed by atoms with E-state index in [0.29, 0.717) is 17.9 Å². The van der Waals surface area contributed by atoms with Gasteiger partial charge < -0.3 is 10.1 Å². The lowest BCUT2D eigenvalue weighted by Gasteiger charge is -2.47. The fourth-order valence-electron chi connectivity index (χ4n) is 3.98. The van der Waals surface area contributed by atoms with E-state index in [4.69, 9.17) is 4.74 Å².